The summed E-state index contributed by atoms with van der Waals surface area (Å²) in [4.78, 5) is 21.4. The Bertz CT molecular complexity index is 1680. The van der Waals surface area contributed by atoms with Crippen LogP contribution in [0.3, 0.4) is 0 Å². The van der Waals surface area contributed by atoms with Crippen molar-refractivity contribution in [3.63, 3.8) is 0 Å². The first-order valence-corrected chi connectivity index (χ1v) is 11.6. The molecule has 0 unspecified atom stereocenters. The molecule has 2 heterocycles. The zero-order chi connectivity index (χ0) is 23.1. The molecule has 0 aliphatic rings. The lowest BCUT2D eigenvalue weighted by Crippen LogP contribution is -1.93. The van der Waals surface area contributed by atoms with Gasteiger partial charge in [-0.2, -0.15) is 0 Å². The van der Waals surface area contributed by atoms with Gasteiger partial charge in [0.05, 0.1) is 26.4 Å². The van der Waals surface area contributed by atoms with Gasteiger partial charge in [0.2, 0.25) is 0 Å². The average Bonchev–Trinajstić information content (AvgIpc) is 3.28. The van der Waals surface area contributed by atoms with Gasteiger partial charge < -0.3 is 0 Å². The van der Waals surface area contributed by atoms with E-state index in [0.717, 1.165) is 42.7 Å². The quantitative estimate of drug-likeness (QED) is 0.200. The normalized spacial score (nSPS) is 11.2. The van der Waals surface area contributed by atoms with E-state index in [2.05, 4.69) is 0 Å². The molecule has 6 rings (SSSR count). The molecule has 34 heavy (non-hydrogen) atoms. The lowest BCUT2D eigenvalue weighted by molar-refractivity contribution is -0.384. The molecule has 5 nitrogen and oxygen atoms in total. The van der Waals surface area contributed by atoms with E-state index < -0.39 is 0 Å². The maximum absolute atomic E-state index is 11.7. The van der Waals surface area contributed by atoms with Crippen LogP contribution in [0.5, 0.6) is 0 Å². The summed E-state index contributed by atoms with van der Waals surface area (Å²) in [5.41, 5.74) is 5.18. The number of hydrogen-bond acceptors (Lipinski definition) is 5. The molecule has 0 aliphatic carbocycles. The van der Waals surface area contributed by atoms with E-state index in [4.69, 9.17) is 9.97 Å². The molecular weight excluding hydrogens is 442 g/mol. The zero-order valence-electron chi connectivity index (χ0n) is 17.9. The van der Waals surface area contributed by atoms with Crippen LogP contribution in [0.1, 0.15) is 0 Å². The van der Waals surface area contributed by atoms with Crippen LogP contribution in [0.4, 0.5) is 5.69 Å². The van der Waals surface area contributed by atoms with Gasteiger partial charge in [-0.1, -0.05) is 91.0 Å². The van der Waals surface area contributed by atoms with Gasteiger partial charge in [0.1, 0.15) is 0 Å². The first-order valence-electron chi connectivity index (χ1n) is 10.8. The van der Waals surface area contributed by atoms with Crippen LogP contribution >= 0.6 is 11.3 Å². The van der Waals surface area contributed by atoms with Crippen molar-refractivity contribution in [1.29, 1.82) is 0 Å². The third kappa shape index (κ3) is 3.32. The standard InChI is InChI=1S/C28H17N3O2S/c32-31(33)23-17-8-7-14-20(23)21-15-9-16-22-25-27(34-26(21)22)24(18-10-3-1-4-11-18)29-28(30-25)19-12-5-2-6-13-19/h1-17H. The predicted molar refractivity (Wildman–Crippen MR) is 138 cm³/mol. The number of fused-ring (bicyclic) bond motifs is 3. The van der Waals surface area contributed by atoms with Crippen molar-refractivity contribution in [3.8, 4) is 33.8 Å². The van der Waals surface area contributed by atoms with Crippen molar-refractivity contribution < 1.29 is 4.92 Å². The fourth-order valence-corrected chi connectivity index (χ4v) is 5.53. The van der Waals surface area contributed by atoms with Crippen LogP contribution in [-0.4, -0.2) is 14.9 Å². The molecule has 0 atom stereocenters. The minimum Gasteiger partial charge on any atom is -0.258 e. The molecule has 0 fully saturated rings. The van der Waals surface area contributed by atoms with Crippen molar-refractivity contribution in [3.05, 3.63) is 113 Å². The van der Waals surface area contributed by atoms with Crippen molar-refractivity contribution in [2.24, 2.45) is 0 Å². The largest absolute Gasteiger partial charge is 0.277 e. The third-order valence-corrected chi connectivity index (χ3v) is 7.04. The van der Waals surface area contributed by atoms with Gasteiger partial charge in [-0.15, -0.1) is 11.3 Å². The van der Waals surface area contributed by atoms with Crippen LogP contribution in [0, 0.1) is 10.1 Å². The Morgan fingerprint density at radius 2 is 1.29 bits per heavy atom. The van der Waals surface area contributed by atoms with E-state index in [9.17, 15) is 10.1 Å². The number of thiophene rings is 1. The molecule has 4 aromatic carbocycles. The molecular formula is C28H17N3O2S. The second-order valence-electron chi connectivity index (χ2n) is 7.86. The number of benzene rings is 4. The Labute approximate surface area is 199 Å². The fourth-order valence-electron chi connectivity index (χ4n) is 4.25. The molecule has 2 aromatic heterocycles. The van der Waals surface area contributed by atoms with Gasteiger partial charge in [0.25, 0.3) is 5.69 Å². The highest BCUT2D eigenvalue weighted by Crippen LogP contribution is 2.44. The van der Waals surface area contributed by atoms with Gasteiger partial charge in [-0.05, 0) is 6.07 Å². The molecule has 0 aliphatic heterocycles. The maximum Gasteiger partial charge on any atom is 0.277 e. The number of para-hydroxylation sites is 1. The number of nitro groups is 1. The maximum atomic E-state index is 11.7. The summed E-state index contributed by atoms with van der Waals surface area (Å²) in [5, 5.41) is 12.7. The van der Waals surface area contributed by atoms with E-state index in [0.29, 0.717) is 11.4 Å². The highest BCUT2D eigenvalue weighted by Gasteiger charge is 2.21. The first kappa shape index (κ1) is 20.2. The molecule has 0 radical (unpaired) electrons. The lowest BCUT2D eigenvalue weighted by Gasteiger charge is -2.07. The molecule has 0 amide bonds. The second kappa shape index (κ2) is 8.17. The van der Waals surface area contributed by atoms with Crippen molar-refractivity contribution in [2.75, 3.05) is 0 Å². The minimum absolute atomic E-state index is 0.0896. The van der Waals surface area contributed by atoms with Crippen molar-refractivity contribution in [2.45, 2.75) is 0 Å². The molecule has 0 saturated heterocycles. The van der Waals surface area contributed by atoms with E-state index in [1.807, 2.05) is 84.9 Å². The second-order valence-corrected chi connectivity index (χ2v) is 8.88. The number of rotatable bonds is 4. The summed E-state index contributed by atoms with van der Waals surface area (Å²) >= 11 is 1.58. The van der Waals surface area contributed by atoms with Crippen LogP contribution in [0.25, 0.3) is 54.1 Å². The van der Waals surface area contributed by atoms with Crippen molar-refractivity contribution >= 4 is 37.3 Å². The Morgan fingerprint density at radius 1 is 0.647 bits per heavy atom. The first-order chi connectivity index (χ1) is 16.7. The van der Waals surface area contributed by atoms with Crippen LogP contribution in [0.15, 0.2) is 103 Å². The third-order valence-electron chi connectivity index (χ3n) is 5.81. The Morgan fingerprint density at radius 3 is 2.03 bits per heavy atom. The van der Waals surface area contributed by atoms with Crippen LogP contribution in [0.2, 0.25) is 0 Å². The van der Waals surface area contributed by atoms with Gasteiger partial charge in [0, 0.05) is 32.8 Å². The summed E-state index contributed by atoms with van der Waals surface area (Å²) in [6.07, 6.45) is 0. The smallest absolute Gasteiger partial charge is 0.258 e. The molecule has 0 N–H and O–H groups in total. The number of hydrogen-bond donors (Lipinski definition) is 0. The summed E-state index contributed by atoms with van der Waals surface area (Å²) < 4.78 is 1.93. The molecule has 162 valence electrons. The minimum atomic E-state index is -0.329. The predicted octanol–water partition coefficient (Wildman–Crippen LogP) is 7.75. The average molecular weight is 460 g/mol. The van der Waals surface area contributed by atoms with Gasteiger partial charge in [0.15, 0.2) is 5.82 Å². The molecule has 0 spiro atoms. The summed E-state index contributed by atoms with van der Waals surface area (Å²) in [6, 6.07) is 32.8. The SMILES string of the molecule is O=[N+]([O-])c1ccccc1-c1cccc2c1sc1c(-c3ccccc3)nc(-c3ccccc3)nc12. The van der Waals surface area contributed by atoms with Gasteiger partial charge in [-0.3, -0.25) is 10.1 Å². The fraction of sp³-hybridized carbons (Fsp3) is 0. The monoisotopic (exact) mass is 459 g/mol. The van der Waals surface area contributed by atoms with E-state index in [-0.39, 0.29) is 10.6 Å². The Kier molecular flexibility index (Phi) is 4.86. The van der Waals surface area contributed by atoms with E-state index in [1.165, 1.54) is 0 Å². The summed E-state index contributed by atoms with van der Waals surface area (Å²) in [5.74, 6) is 0.655. The van der Waals surface area contributed by atoms with E-state index in [1.54, 1.807) is 29.5 Å². The molecule has 6 aromatic rings. The Hall–Kier alpha value is -4.42. The summed E-state index contributed by atoms with van der Waals surface area (Å²) in [7, 11) is 0. The van der Waals surface area contributed by atoms with Crippen LogP contribution < -0.4 is 0 Å². The zero-order valence-corrected chi connectivity index (χ0v) is 18.7. The number of nitrogens with zero attached hydrogens (tertiary/aromatic N) is 3. The molecule has 0 saturated carbocycles. The van der Waals surface area contributed by atoms with Gasteiger partial charge >= 0.3 is 0 Å². The highest BCUT2D eigenvalue weighted by molar-refractivity contribution is 7.26. The molecule has 0 bridgehead atoms. The molecule has 6 heteroatoms. The highest BCUT2D eigenvalue weighted by atomic mass is 32.1. The van der Waals surface area contributed by atoms with E-state index >= 15 is 0 Å². The number of nitro benzene ring substituents is 1. The van der Waals surface area contributed by atoms with Gasteiger partial charge in [-0.25, -0.2) is 9.97 Å². The van der Waals surface area contributed by atoms with Crippen LogP contribution in [-0.2, 0) is 0 Å². The number of aromatic nitrogens is 2. The topological polar surface area (TPSA) is 68.9 Å². The summed E-state index contributed by atoms with van der Waals surface area (Å²) in [6.45, 7) is 0. The Balaban J connectivity index is 1.71. The lowest BCUT2D eigenvalue weighted by atomic mass is 10.0. The van der Waals surface area contributed by atoms with Crippen molar-refractivity contribution in [1.82, 2.24) is 9.97 Å².